The van der Waals surface area contributed by atoms with Gasteiger partial charge in [-0.3, -0.25) is 9.59 Å². The minimum absolute atomic E-state index is 0.129. The Kier molecular flexibility index (Phi) is 10.2. The zero-order valence-electron chi connectivity index (χ0n) is 19.3. The maximum absolute atomic E-state index is 13.7. The fourth-order valence-corrected chi connectivity index (χ4v) is 4.22. The van der Waals surface area contributed by atoms with Crippen LogP contribution in [0.1, 0.15) is 36.5 Å². The third-order valence-corrected chi connectivity index (χ3v) is 6.56. The highest BCUT2D eigenvalue weighted by Gasteiger charge is 2.30. The lowest BCUT2D eigenvalue weighted by Gasteiger charge is -2.32. The molecular formula is C28H30BrClN2O2. The molecule has 0 saturated heterocycles. The van der Waals surface area contributed by atoms with Gasteiger partial charge in [0.25, 0.3) is 0 Å². The van der Waals surface area contributed by atoms with Crippen LogP contribution in [-0.2, 0) is 29.0 Å². The Bertz CT molecular complexity index is 1070. The summed E-state index contributed by atoms with van der Waals surface area (Å²) in [5, 5.41) is 3.59. The predicted molar refractivity (Wildman–Crippen MR) is 142 cm³/mol. The Morgan fingerprint density at radius 2 is 1.62 bits per heavy atom. The third-order valence-electron chi connectivity index (χ3n) is 5.67. The summed E-state index contributed by atoms with van der Waals surface area (Å²) in [5.41, 5.74) is 2.71. The fraction of sp³-hybridized carbons (Fsp3) is 0.286. The molecule has 34 heavy (non-hydrogen) atoms. The van der Waals surface area contributed by atoms with Gasteiger partial charge in [-0.2, -0.15) is 0 Å². The first-order valence-corrected chi connectivity index (χ1v) is 12.7. The smallest absolute Gasteiger partial charge is 0.243 e. The number of rotatable bonds is 11. The van der Waals surface area contributed by atoms with Crippen molar-refractivity contribution in [3.05, 3.63) is 105 Å². The van der Waals surface area contributed by atoms with Gasteiger partial charge in [0.1, 0.15) is 6.04 Å². The van der Waals surface area contributed by atoms with Crippen LogP contribution in [0.15, 0.2) is 83.3 Å². The molecule has 0 spiro atoms. The average Bonchev–Trinajstić information content (AvgIpc) is 2.84. The van der Waals surface area contributed by atoms with Gasteiger partial charge in [0, 0.05) is 29.0 Å². The van der Waals surface area contributed by atoms with E-state index in [0.29, 0.717) is 24.5 Å². The highest BCUT2D eigenvalue weighted by Crippen LogP contribution is 2.21. The fourth-order valence-electron chi connectivity index (χ4n) is 3.75. The van der Waals surface area contributed by atoms with E-state index in [1.807, 2.05) is 72.8 Å². The molecule has 3 aromatic carbocycles. The highest BCUT2D eigenvalue weighted by atomic mass is 79.9. The van der Waals surface area contributed by atoms with Crippen molar-refractivity contribution in [3.63, 3.8) is 0 Å². The zero-order chi connectivity index (χ0) is 24.3. The number of unbranched alkanes of at least 4 members (excludes halogenated alkanes) is 1. The molecule has 1 atom stereocenters. The maximum Gasteiger partial charge on any atom is 0.243 e. The van der Waals surface area contributed by atoms with Crippen LogP contribution in [0.3, 0.4) is 0 Å². The second-order valence-electron chi connectivity index (χ2n) is 8.27. The van der Waals surface area contributed by atoms with Crippen molar-refractivity contribution in [3.8, 4) is 0 Å². The van der Waals surface area contributed by atoms with Crippen LogP contribution >= 0.6 is 27.5 Å². The Labute approximate surface area is 215 Å². The summed E-state index contributed by atoms with van der Waals surface area (Å²) in [4.78, 5) is 28.8. The van der Waals surface area contributed by atoms with E-state index in [1.165, 1.54) is 0 Å². The first-order valence-electron chi connectivity index (χ1n) is 11.6. The molecule has 1 unspecified atom stereocenters. The quantitative estimate of drug-likeness (QED) is 0.294. The number of hydrogen-bond acceptors (Lipinski definition) is 2. The molecular weight excluding hydrogens is 512 g/mol. The van der Waals surface area contributed by atoms with E-state index in [1.54, 1.807) is 11.0 Å². The number of benzene rings is 3. The van der Waals surface area contributed by atoms with Crippen molar-refractivity contribution in [2.45, 2.75) is 45.2 Å². The summed E-state index contributed by atoms with van der Waals surface area (Å²) in [6.07, 6.45) is 2.44. The Morgan fingerprint density at radius 3 is 2.29 bits per heavy atom. The third kappa shape index (κ3) is 7.71. The number of halogens is 2. The minimum atomic E-state index is -0.641. The second kappa shape index (κ2) is 13.3. The van der Waals surface area contributed by atoms with Crippen molar-refractivity contribution in [1.82, 2.24) is 10.2 Å². The van der Waals surface area contributed by atoms with Crippen molar-refractivity contribution in [2.75, 3.05) is 6.54 Å². The predicted octanol–water partition coefficient (Wildman–Crippen LogP) is 6.20. The molecule has 178 valence electrons. The minimum Gasteiger partial charge on any atom is -0.354 e. The summed E-state index contributed by atoms with van der Waals surface area (Å²) < 4.78 is 0.961. The van der Waals surface area contributed by atoms with Gasteiger partial charge in [0.2, 0.25) is 11.8 Å². The SMILES string of the molecule is CCCCNC(=O)C(Cc1ccccc1)N(Cc1ccc(Br)cc1)C(=O)Cc1ccccc1Cl. The summed E-state index contributed by atoms with van der Waals surface area (Å²) in [5.74, 6) is -0.274. The van der Waals surface area contributed by atoms with Gasteiger partial charge in [-0.05, 0) is 41.3 Å². The van der Waals surface area contributed by atoms with Gasteiger partial charge in [-0.25, -0.2) is 0 Å². The Hall–Kier alpha value is -2.63. The first-order chi connectivity index (χ1) is 16.5. The van der Waals surface area contributed by atoms with Gasteiger partial charge in [-0.15, -0.1) is 0 Å². The van der Waals surface area contributed by atoms with E-state index < -0.39 is 6.04 Å². The van der Waals surface area contributed by atoms with Gasteiger partial charge in [0.15, 0.2) is 0 Å². The van der Waals surface area contributed by atoms with E-state index >= 15 is 0 Å². The summed E-state index contributed by atoms with van der Waals surface area (Å²) in [7, 11) is 0. The number of carbonyl (C=O) groups excluding carboxylic acids is 2. The Morgan fingerprint density at radius 1 is 0.941 bits per heavy atom. The summed E-state index contributed by atoms with van der Waals surface area (Å²) in [6.45, 7) is 3.00. The second-order valence-corrected chi connectivity index (χ2v) is 9.59. The van der Waals surface area contributed by atoms with Crippen LogP contribution in [0.25, 0.3) is 0 Å². The molecule has 2 amide bonds. The monoisotopic (exact) mass is 540 g/mol. The highest BCUT2D eigenvalue weighted by molar-refractivity contribution is 9.10. The normalized spacial score (nSPS) is 11.6. The van der Waals surface area contributed by atoms with E-state index in [9.17, 15) is 9.59 Å². The molecule has 0 heterocycles. The average molecular weight is 542 g/mol. The maximum atomic E-state index is 13.7. The topological polar surface area (TPSA) is 49.4 Å². The van der Waals surface area contributed by atoms with E-state index in [0.717, 1.165) is 34.0 Å². The van der Waals surface area contributed by atoms with E-state index in [2.05, 4.69) is 28.2 Å². The molecule has 0 aliphatic heterocycles. The number of carbonyl (C=O) groups is 2. The Balaban J connectivity index is 1.94. The van der Waals surface area contributed by atoms with Crippen LogP contribution in [-0.4, -0.2) is 29.3 Å². The van der Waals surface area contributed by atoms with Crippen LogP contribution in [0.5, 0.6) is 0 Å². The first kappa shape index (κ1) is 26.0. The molecule has 0 radical (unpaired) electrons. The van der Waals surface area contributed by atoms with Crippen molar-refractivity contribution in [2.24, 2.45) is 0 Å². The van der Waals surface area contributed by atoms with Crippen LogP contribution in [0.4, 0.5) is 0 Å². The number of hydrogen-bond donors (Lipinski definition) is 1. The summed E-state index contributed by atoms with van der Waals surface area (Å²) >= 11 is 9.82. The molecule has 1 N–H and O–H groups in total. The van der Waals surface area contributed by atoms with E-state index in [4.69, 9.17) is 11.6 Å². The molecule has 4 nitrogen and oxygen atoms in total. The zero-order valence-corrected chi connectivity index (χ0v) is 21.7. The van der Waals surface area contributed by atoms with Crippen LogP contribution in [0, 0.1) is 0 Å². The molecule has 0 aliphatic rings. The van der Waals surface area contributed by atoms with Gasteiger partial charge in [-0.1, -0.05) is 102 Å². The number of amides is 2. The molecule has 0 saturated carbocycles. The van der Waals surface area contributed by atoms with Crippen LogP contribution in [0.2, 0.25) is 5.02 Å². The van der Waals surface area contributed by atoms with E-state index in [-0.39, 0.29) is 18.2 Å². The lowest BCUT2D eigenvalue weighted by molar-refractivity contribution is -0.140. The van der Waals surface area contributed by atoms with Gasteiger partial charge < -0.3 is 10.2 Å². The lowest BCUT2D eigenvalue weighted by atomic mass is 10.0. The molecule has 0 bridgehead atoms. The van der Waals surface area contributed by atoms with Crippen molar-refractivity contribution < 1.29 is 9.59 Å². The van der Waals surface area contributed by atoms with Crippen molar-refractivity contribution >= 4 is 39.3 Å². The van der Waals surface area contributed by atoms with Gasteiger partial charge >= 0.3 is 0 Å². The molecule has 0 aromatic heterocycles. The van der Waals surface area contributed by atoms with Crippen LogP contribution < -0.4 is 5.32 Å². The summed E-state index contributed by atoms with van der Waals surface area (Å²) in [6, 6.07) is 24.3. The lowest BCUT2D eigenvalue weighted by Crippen LogP contribution is -2.51. The standard InChI is InChI=1S/C28H30BrClN2O2/c1-2-3-17-31-28(34)26(18-21-9-5-4-6-10-21)32(20-22-13-15-24(29)16-14-22)27(33)19-23-11-7-8-12-25(23)30/h4-16,26H,2-3,17-20H2,1H3,(H,31,34). The largest absolute Gasteiger partial charge is 0.354 e. The number of nitrogens with zero attached hydrogens (tertiary/aromatic N) is 1. The van der Waals surface area contributed by atoms with Crippen molar-refractivity contribution in [1.29, 1.82) is 0 Å². The molecule has 3 aromatic rings. The van der Waals surface area contributed by atoms with Gasteiger partial charge in [0.05, 0.1) is 6.42 Å². The number of nitrogens with one attached hydrogen (secondary N) is 1. The molecule has 6 heteroatoms. The molecule has 0 fully saturated rings. The molecule has 3 rings (SSSR count). The molecule has 0 aliphatic carbocycles.